The molecular weight excluding hydrogens is 240 g/mol. The van der Waals surface area contributed by atoms with Crippen molar-refractivity contribution in [1.82, 2.24) is 15.5 Å². The first-order chi connectivity index (χ1) is 9.11. The number of carbonyl (C=O) groups is 1. The number of hydrogen-bond donors (Lipinski definition) is 2. The summed E-state index contributed by atoms with van der Waals surface area (Å²) in [6, 6.07) is 3.97. The van der Waals surface area contributed by atoms with Gasteiger partial charge in [0.05, 0.1) is 0 Å². The van der Waals surface area contributed by atoms with Crippen LogP contribution < -0.4 is 10.6 Å². The van der Waals surface area contributed by atoms with Crippen molar-refractivity contribution in [3.63, 3.8) is 0 Å². The summed E-state index contributed by atoms with van der Waals surface area (Å²) in [6.45, 7) is 4.59. The van der Waals surface area contributed by atoms with Crippen LogP contribution in [0.5, 0.6) is 0 Å². The maximum absolute atomic E-state index is 11.4. The minimum atomic E-state index is -0.210. The Kier molecular flexibility index (Phi) is 4.35. The highest BCUT2D eigenvalue weighted by molar-refractivity contribution is 5.91. The molecule has 1 heterocycles. The maximum atomic E-state index is 11.4. The van der Waals surface area contributed by atoms with Crippen LogP contribution in [0.15, 0.2) is 12.1 Å². The zero-order valence-electron chi connectivity index (χ0n) is 11.8. The van der Waals surface area contributed by atoms with Gasteiger partial charge < -0.3 is 10.6 Å². The molecule has 5 nitrogen and oxygen atoms in total. The van der Waals surface area contributed by atoms with E-state index in [0.717, 1.165) is 11.7 Å². The van der Waals surface area contributed by atoms with Crippen LogP contribution in [0.1, 0.15) is 43.6 Å². The third kappa shape index (κ3) is 3.22. The van der Waals surface area contributed by atoms with Gasteiger partial charge in [-0.25, -0.2) is 0 Å². The third-order valence-corrected chi connectivity index (χ3v) is 4.16. The highest BCUT2D eigenvalue weighted by Gasteiger charge is 2.27. The SMILES string of the molecule is CNC(=O)c1ccc(NC2CCCC(C)C2C)nn1. The third-order valence-electron chi connectivity index (χ3n) is 4.16. The summed E-state index contributed by atoms with van der Waals surface area (Å²) in [4.78, 5) is 11.4. The van der Waals surface area contributed by atoms with Gasteiger partial charge in [-0.15, -0.1) is 10.2 Å². The quantitative estimate of drug-likeness (QED) is 0.875. The zero-order valence-corrected chi connectivity index (χ0v) is 11.8. The van der Waals surface area contributed by atoms with Crippen LogP contribution in [0, 0.1) is 11.8 Å². The van der Waals surface area contributed by atoms with Gasteiger partial charge in [0.2, 0.25) is 0 Å². The fourth-order valence-electron chi connectivity index (χ4n) is 2.63. The molecule has 1 fully saturated rings. The first-order valence-corrected chi connectivity index (χ1v) is 6.94. The van der Waals surface area contributed by atoms with Crippen molar-refractivity contribution in [2.75, 3.05) is 12.4 Å². The Hall–Kier alpha value is -1.65. The van der Waals surface area contributed by atoms with E-state index in [1.54, 1.807) is 13.1 Å². The molecule has 1 aliphatic carbocycles. The predicted molar refractivity (Wildman–Crippen MR) is 75.0 cm³/mol. The molecule has 2 N–H and O–H groups in total. The average Bonchev–Trinajstić information content (AvgIpc) is 2.44. The first-order valence-electron chi connectivity index (χ1n) is 6.94. The van der Waals surface area contributed by atoms with E-state index in [1.165, 1.54) is 19.3 Å². The van der Waals surface area contributed by atoms with E-state index in [2.05, 4.69) is 34.7 Å². The molecule has 104 valence electrons. The smallest absolute Gasteiger partial charge is 0.271 e. The number of rotatable bonds is 3. The summed E-state index contributed by atoms with van der Waals surface area (Å²) in [6.07, 6.45) is 3.73. The molecule has 2 rings (SSSR count). The normalized spacial score (nSPS) is 26.8. The fourth-order valence-corrected chi connectivity index (χ4v) is 2.63. The van der Waals surface area contributed by atoms with Crippen molar-refractivity contribution in [3.05, 3.63) is 17.8 Å². The predicted octanol–water partition coefficient (Wildman–Crippen LogP) is 2.07. The topological polar surface area (TPSA) is 66.9 Å². The minimum absolute atomic E-state index is 0.210. The standard InChI is InChI=1S/C14H22N4O/c1-9-5-4-6-11(10(9)2)16-13-8-7-12(17-18-13)14(19)15-3/h7-11H,4-6H2,1-3H3,(H,15,19)(H,16,18). The van der Waals surface area contributed by atoms with Gasteiger partial charge in [0.25, 0.3) is 5.91 Å². The molecule has 19 heavy (non-hydrogen) atoms. The van der Waals surface area contributed by atoms with Gasteiger partial charge in [-0.05, 0) is 30.4 Å². The second-order valence-corrected chi connectivity index (χ2v) is 5.40. The Morgan fingerprint density at radius 1 is 1.26 bits per heavy atom. The Bertz CT molecular complexity index is 432. The van der Waals surface area contributed by atoms with Gasteiger partial charge in [0.1, 0.15) is 5.82 Å². The molecule has 1 aliphatic rings. The van der Waals surface area contributed by atoms with E-state index < -0.39 is 0 Å². The second-order valence-electron chi connectivity index (χ2n) is 5.40. The first kappa shape index (κ1) is 13.8. The number of amides is 1. The lowest BCUT2D eigenvalue weighted by Crippen LogP contribution is -2.35. The number of hydrogen-bond acceptors (Lipinski definition) is 4. The van der Waals surface area contributed by atoms with Crippen molar-refractivity contribution < 1.29 is 4.79 Å². The van der Waals surface area contributed by atoms with Crippen LogP contribution in [0.2, 0.25) is 0 Å². The summed E-state index contributed by atoms with van der Waals surface area (Å²) in [5, 5.41) is 14.0. The summed E-state index contributed by atoms with van der Waals surface area (Å²) in [5.74, 6) is 1.91. The average molecular weight is 262 g/mol. The van der Waals surface area contributed by atoms with E-state index >= 15 is 0 Å². The van der Waals surface area contributed by atoms with Gasteiger partial charge in [0, 0.05) is 13.1 Å². The van der Waals surface area contributed by atoms with Crippen LogP contribution in [0.25, 0.3) is 0 Å². The molecule has 3 atom stereocenters. The largest absolute Gasteiger partial charge is 0.366 e. The lowest BCUT2D eigenvalue weighted by Gasteiger charge is -2.34. The Morgan fingerprint density at radius 2 is 2.05 bits per heavy atom. The molecule has 1 saturated carbocycles. The van der Waals surface area contributed by atoms with Gasteiger partial charge in [-0.1, -0.05) is 26.7 Å². The van der Waals surface area contributed by atoms with Gasteiger partial charge >= 0.3 is 0 Å². The van der Waals surface area contributed by atoms with Crippen LogP contribution in [-0.2, 0) is 0 Å². The summed E-state index contributed by atoms with van der Waals surface area (Å²) < 4.78 is 0. The molecule has 1 amide bonds. The molecule has 0 radical (unpaired) electrons. The summed E-state index contributed by atoms with van der Waals surface area (Å²) >= 11 is 0. The van der Waals surface area contributed by atoms with E-state index in [-0.39, 0.29) is 5.91 Å². The van der Waals surface area contributed by atoms with E-state index in [0.29, 0.717) is 17.7 Å². The molecule has 0 bridgehead atoms. The van der Waals surface area contributed by atoms with Crippen LogP contribution >= 0.6 is 0 Å². The van der Waals surface area contributed by atoms with Crippen molar-refractivity contribution in [1.29, 1.82) is 0 Å². The second kappa shape index (κ2) is 5.99. The number of carbonyl (C=O) groups excluding carboxylic acids is 1. The Labute approximate surface area is 114 Å². The molecule has 0 spiro atoms. The van der Waals surface area contributed by atoms with Crippen molar-refractivity contribution in [2.24, 2.45) is 11.8 Å². The molecule has 5 heteroatoms. The molecule has 3 unspecified atom stereocenters. The lowest BCUT2D eigenvalue weighted by atomic mass is 9.78. The number of aromatic nitrogens is 2. The molecule has 0 aromatic carbocycles. The summed E-state index contributed by atoms with van der Waals surface area (Å²) in [7, 11) is 1.58. The highest BCUT2D eigenvalue weighted by Crippen LogP contribution is 2.31. The number of nitrogens with zero attached hydrogens (tertiary/aromatic N) is 2. The number of anilines is 1. The van der Waals surface area contributed by atoms with Gasteiger partial charge in [-0.3, -0.25) is 4.79 Å². The van der Waals surface area contributed by atoms with Crippen molar-refractivity contribution >= 4 is 11.7 Å². The van der Waals surface area contributed by atoms with Gasteiger partial charge in [0.15, 0.2) is 5.69 Å². The molecule has 0 aliphatic heterocycles. The molecule has 1 aromatic rings. The highest BCUT2D eigenvalue weighted by atomic mass is 16.1. The van der Waals surface area contributed by atoms with Crippen molar-refractivity contribution in [3.8, 4) is 0 Å². The van der Waals surface area contributed by atoms with Crippen LogP contribution in [-0.4, -0.2) is 29.2 Å². The molecular formula is C14H22N4O. The monoisotopic (exact) mass is 262 g/mol. The fraction of sp³-hybridized carbons (Fsp3) is 0.643. The minimum Gasteiger partial charge on any atom is -0.366 e. The summed E-state index contributed by atoms with van der Waals surface area (Å²) in [5.41, 5.74) is 0.345. The van der Waals surface area contributed by atoms with Gasteiger partial charge in [-0.2, -0.15) is 0 Å². The Balaban J connectivity index is 2.01. The maximum Gasteiger partial charge on any atom is 0.271 e. The van der Waals surface area contributed by atoms with Crippen molar-refractivity contribution in [2.45, 2.75) is 39.2 Å². The lowest BCUT2D eigenvalue weighted by molar-refractivity contribution is 0.0957. The van der Waals surface area contributed by atoms with E-state index in [4.69, 9.17) is 0 Å². The molecule has 1 aromatic heterocycles. The van der Waals surface area contributed by atoms with Crippen LogP contribution in [0.4, 0.5) is 5.82 Å². The van der Waals surface area contributed by atoms with Crippen LogP contribution in [0.3, 0.4) is 0 Å². The van der Waals surface area contributed by atoms with E-state index in [9.17, 15) is 4.79 Å². The number of nitrogens with one attached hydrogen (secondary N) is 2. The molecule has 0 saturated heterocycles. The zero-order chi connectivity index (χ0) is 13.8. The van der Waals surface area contributed by atoms with E-state index in [1.807, 2.05) is 6.07 Å². The Morgan fingerprint density at radius 3 is 2.68 bits per heavy atom.